The molecule has 0 bridgehead atoms. The summed E-state index contributed by atoms with van der Waals surface area (Å²) in [6.07, 6.45) is 2.11. The van der Waals surface area contributed by atoms with E-state index in [1.54, 1.807) is 11.6 Å². The van der Waals surface area contributed by atoms with Crippen LogP contribution in [0.5, 0.6) is 0 Å². The zero-order valence-corrected chi connectivity index (χ0v) is 9.40. The van der Waals surface area contributed by atoms with Crippen LogP contribution >= 0.6 is 0 Å². The van der Waals surface area contributed by atoms with Crippen LogP contribution in [0, 0.1) is 12.8 Å². The van der Waals surface area contributed by atoms with Crippen LogP contribution in [0.2, 0.25) is 0 Å². The second-order valence-electron chi connectivity index (χ2n) is 4.09. The SMILES string of the molecule is Cc1c(C(=O)O)nnn1CCCC(C)C. The van der Waals surface area contributed by atoms with Crippen molar-refractivity contribution in [3.05, 3.63) is 11.4 Å². The van der Waals surface area contributed by atoms with E-state index in [0.29, 0.717) is 11.6 Å². The molecule has 0 spiro atoms. The van der Waals surface area contributed by atoms with Crippen LogP contribution in [0.4, 0.5) is 0 Å². The summed E-state index contributed by atoms with van der Waals surface area (Å²) in [5, 5.41) is 16.2. The van der Waals surface area contributed by atoms with Gasteiger partial charge in [0.2, 0.25) is 0 Å². The molecule has 0 aliphatic rings. The molecule has 0 aromatic carbocycles. The number of carboxylic acids is 1. The Morgan fingerprint density at radius 1 is 1.53 bits per heavy atom. The molecule has 0 aliphatic heterocycles. The quantitative estimate of drug-likeness (QED) is 0.805. The number of hydrogen-bond donors (Lipinski definition) is 1. The van der Waals surface area contributed by atoms with Crippen LogP contribution < -0.4 is 0 Å². The molecule has 0 atom stereocenters. The van der Waals surface area contributed by atoms with Crippen molar-refractivity contribution >= 4 is 5.97 Å². The lowest BCUT2D eigenvalue weighted by Crippen LogP contribution is -2.05. The Labute approximate surface area is 89.1 Å². The van der Waals surface area contributed by atoms with Crippen molar-refractivity contribution in [2.75, 3.05) is 0 Å². The van der Waals surface area contributed by atoms with Crippen LogP contribution in [0.15, 0.2) is 0 Å². The molecule has 1 aromatic rings. The number of aryl methyl sites for hydroxylation is 1. The van der Waals surface area contributed by atoms with Gasteiger partial charge in [0.1, 0.15) is 0 Å². The van der Waals surface area contributed by atoms with Gasteiger partial charge >= 0.3 is 5.97 Å². The Balaban J connectivity index is 2.59. The summed E-state index contributed by atoms with van der Waals surface area (Å²) in [4.78, 5) is 10.7. The highest BCUT2D eigenvalue weighted by Gasteiger charge is 2.14. The molecule has 84 valence electrons. The Kier molecular flexibility index (Phi) is 3.82. The number of rotatable bonds is 5. The fraction of sp³-hybridized carbons (Fsp3) is 0.700. The minimum atomic E-state index is -1.01. The van der Waals surface area contributed by atoms with Gasteiger partial charge in [-0.2, -0.15) is 0 Å². The van der Waals surface area contributed by atoms with Crippen molar-refractivity contribution < 1.29 is 9.90 Å². The zero-order valence-electron chi connectivity index (χ0n) is 9.40. The topological polar surface area (TPSA) is 68.0 Å². The smallest absolute Gasteiger partial charge is 0.358 e. The van der Waals surface area contributed by atoms with Gasteiger partial charge in [0.15, 0.2) is 5.69 Å². The van der Waals surface area contributed by atoms with Crippen molar-refractivity contribution in [2.45, 2.75) is 40.2 Å². The van der Waals surface area contributed by atoms with Crippen molar-refractivity contribution in [1.29, 1.82) is 0 Å². The maximum Gasteiger partial charge on any atom is 0.358 e. The van der Waals surface area contributed by atoms with Gasteiger partial charge in [-0.25, -0.2) is 9.48 Å². The van der Waals surface area contributed by atoms with Crippen molar-refractivity contribution in [3.8, 4) is 0 Å². The maximum atomic E-state index is 10.7. The molecule has 5 heteroatoms. The van der Waals surface area contributed by atoms with E-state index in [1.165, 1.54) is 0 Å². The lowest BCUT2D eigenvalue weighted by atomic mass is 10.1. The van der Waals surface area contributed by atoms with Crippen molar-refractivity contribution in [3.63, 3.8) is 0 Å². The second-order valence-corrected chi connectivity index (χ2v) is 4.09. The van der Waals surface area contributed by atoms with E-state index in [-0.39, 0.29) is 5.69 Å². The van der Waals surface area contributed by atoms with E-state index in [4.69, 9.17) is 5.11 Å². The minimum absolute atomic E-state index is 0.0551. The van der Waals surface area contributed by atoms with E-state index in [1.807, 2.05) is 0 Å². The van der Waals surface area contributed by atoms with Gasteiger partial charge in [0.25, 0.3) is 0 Å². The molecule has 0 saturated heterocycles. The Bertz CT molecular complexity index is 344. The van der Waals surface area contributed by atoms with Crippen LogP contribution in [0.25, 0.3) is 0 Å². The maximum absolute atomic E-state index is 10.7. The summed E-state index contributed by atoms with van der Waals surface area (Å²) >= 11 is 0. The van der Waals surface area contributed by atoms with Gasteiger partial charge in [-0.3, -0.25) is 0 Å². The summed E-state index contributed by atoms with van der Waals surface area (Å²) in [5.41, 5.74) is 0.686. The van der Waals surface area contributed by atoms with Gasteiger partial charge in [-0.1, -0.05) is 19.1 Å². The molecule has 15 heavy (non-hydrogen) atoms. The molecule has 1 rings (SSSR count). The Hall–Kier alpha value is -1.39. The first-order valence-electron chi connectivity index (χ1n) is 5.15. The molecule has 5 nitrogen and oxygen atoms in total. The molecule has 1 N–H and O–H groups in total. The fourth-order valence-corrected chi connectivity index (χ4v) is 1.42. The van der Waals surface area contributed by atoms with Crippen molar-refractivity contribution in [1.82, 2.24) is 15.0 Å². The number of carbonyl (C=O) groups is 1. The van der Waals surface area contributed by atoms with Gasteiger partial charge in [0.05, 0.1) is 5.69 Å². The Morgan fingerprint density at radius 3 is 2.67 bits per heavy atom. The fourth-order valence-electron chi connectivity index (χ4n) is 1.42. The van der Waals surface area contributed by atoms with Gasteiger partial charge in [-0.15, -0.1) is 5.10 Å². The van der Waals surface area contributed by atoms with Crippen LogP contribution in [0.1, 0.15) is 42.9 Å². The molecule has 0 amide bonds. The summed E-state index contributed by atoms with van der Waals surface area (Å²) in [5.74, 6) is -0.351. The van der Waals surface area contributed by atoms with E-state index in [9.17, 15) is 4.79 Å². The summed E-state index contributed by atoms with van der Waals surface area (Å²) in [6, 6.07) is 0. The van der Waals surface area contributed by atoms with Crippen LogP contribution in [0.3, 0.4) is 0 Å². The van der Waals surface area contributed by atoms with Crippen LogP contribution in [-0.4, -0.2) is 26.1 Å². The molecule has 1 heterocycles. The number of nitrogens with zero attached hydrogens (tertiary/aromatic N) is 3. The minimum Gasteiger partial charge on any atom is -0.476 e. The first-order chi connectivity index (χ1) is 7.02. The monoisotopic (exact) mass is 211 g/mol. The second kappa shape index (κ2) is 4.91. The predicted octanol–water partition coefficient (Wildman–Crippen LogP) is 1.72. The Morgan fingerprint density at radius 2 is 2.20 bits per heavy atom. The standard InChI is InChI=1S/C10H17N3O2/c1-7(2)5-4-6-13-8(3)9(10(14)15)11-12-13/h7H,4-6H2,1-3H3,(H,14,15). The normalized spacial score (nSPS) is 10.9. The highest BCUT2D eigenvalue weighted by atomic mass is 16.4. The molecular formula is C10H17N3O2. The first kappa shape index (κ1) is 11.7. The average Bonchev–Trinajstić information content (AvgIpc) is 2.47. The van der Waals surface area contributed by atoms with E-state index in [2.05, 4.69) is 24.2 Å². The molecular weight excluding hydrogens is 194 g/mol. The molecule has 0 fully saturated rings. The molecule has 1 aromatic heterocycles. The highest BCUT2D eigenvalue weighted by Crippen LogP contribution is 2.08. The lowest BCUT2D eigenvalue weighted by molar-refractivity contribution is 0.0689. The molecule has 0 unspecified atom stereocenters. The number of carboxylic acid groups (broad SMARTS) is 1. The van der Waals surface area contributed by atoms with Crippen molar-refractivity contribution in [2.24, 2.45) is 5.92 Å². The third-order valence-electron chi connectivity index (χ3n) is 2.34. The van der Waals surface area contributed by atoms with Gasteiger partial charge < -0.3 is 5.11 Å². The summed E-state index contributed by atoms with van der Waals surface area (Å²) in [7, 11) is 0. The molecule has 0 saturated carbocycles. The summed E-state index contributed by atoms with van der Waals surface area (Å²) in [6.45, 7) is 6.80. The van der Waals surface area contributed by atoms with Crippen LogP contribution in [-0.2, 0) is 6.54 Å². The number of aromatic nitrogens is 3. The highest BCUT2D eigenvalue weighted by molar-refractivity contribution is 5.86. The third-order valence-corrected chi connectivity index (χ3v) is 2.34. The van der Waals surface area contributed by atoms with Gasteiger partial charge in [-0.05, 0) is 25.7 Å². The molecule has 0 aliphatic carbocycles. The zero-order chi connectivity index (χ0) is 11.4. The number of hydrogen-bond acceptors (Lipinski definition) is 3. The average molecular weight is 211 g/mol. The van der Waals surface area contributed by atoms with Gasteiger partial charge in [0, 0.05) is 6.54 Å². The lowest BCUT2D eigenvalue weighted by Gasteiger charge is -2.05. The number of aromatic carboxylic acids is 1. The first-order valence-corrected chi connectivity index (χ1v) is 5.15. The largest absolute Gasteiger partial charge is 0.476 e. The van der Waals surface area contributed by atoms with E-state index in [0.717, 1.165) is 19.4 Å². The molecule has 0 radical (unpaired) electrons. The summed E-state index contributed by atoms with van der Waals surface area (Å²) < 4.78 is 1.66. The van der Waals surface area contributed by atoms with E-state index < -0.39 is 5.97 Å². The van der Waals surface area contributed by atoms with E-state index >= 15 is 0 Å². The predicted molar refractivity (Wildman–Crippen MR) is 55.8 cm³/mol. The third kappa shape index (κ3) is 3.04.